The summed E-state index contributed by atoms with van der Waals surface area (Å²) in [6.07, 6.45) is 5.43. The molecule has 2 aliphatic carbocycles. The van der Waals surface area contributed by atoms with Gasteiger partial charge in [-0.1, -0.05) is 0 Å². The summed E-state index contributed by atoms with van der Waals surface area (Å²) in [6.45, 7) is 1.92. The first kappa shape index (κ1) is 25.7. The molecule has 0 atom stereocenters. The standard InChI is InChI=1S/C24H29F2N9O3/c25-24(26)7-16(8-24)9-30-20(36)19-32-21(34-22(33-19)38-13-23(12-27)3-4-23)35-5-1-15(2-6-35)11-37-17-10-29-14-31-18(17)28/h10,14-16H,1-9,11,13H2,(H,30,36)(H2,28,29,31). The zero-order valence-corrected chi connectivity index (χ0v) is 20.8. The fourth-order valence-corrected chi connectivity index (χ4v) is 4.49. The van der Waals surface area contributed by atoms with Gasteiger partial charge in [-0.3, -0.25) is 4.79 Å². The minimum Gasteiger partial charge on any atom is -0.488 e. The second kappa shape index (κ2) is 10.5. The number of amides is 1. The molecule has 3 N–H and O–H groups in total. The molecule has 2 saturated carbocycles. The Hall–Kier alpha value is -3.89. The molecule has 2 aromatic rings. The number of nitrogen functional groups attached to an aromatic ring is 1. The number of nitrogens with two attached hydrogens (primary N) is 1. The summed E-state index contributed by atoms with van der Waals surface area (Å²) in [7, 11) is 0. The number of rotatable bonds is 10. The number of carbonyl (C=O) groups is 1. The number of anilines is 2. The van der Waals surface area contributed by atoms with E-state index in [1.807, 2.05) is 4.90 Å². The highest BCUT2D eigenvalue weighted by atomic mass is 19.3. The van der Waals surface area contributed by atoms with Crippen molar-refractivity contribution in [2.24, 2.45) is 17.3 Å². The number of nitriles is 1. The van der Waals surface area contributed by atoms with E-state index in [0.29, 0.717) is 25.4 Å². The van der Waals surface area contributed by atoms with Gasteiger partial charge < -0.3 is 25.4 Å². The van der Waals surface area contributed by atoms with Crippen molar-refractivity contribution in [3.05, 3.63) is 18.3 Å². The maximum absolute atomic E-state index is 13.1. The van der Waals surface area contributed by atoms with Crippen LogP contribution in [-0.2, 0) is 0 Å². The number of hydrogen-bond acceptors (Lipinski definition) is 11. The van der Waals surface area contributed by atoms with E-state index >= 15 is 0 Å². The fourth-order valence-electron chi connectivity index (χ4n) is 4.49. The van der Waals surface area contributed by atoms with Crippen molar-refractivity contribution < 1.29 is 23.0 Å². The van der Waals surface area contributed by atoms with Crippen LogP contribution in [0.25, 0.3) is 0 Å². The largest absolute Gasteiger partial charge is 0.488 e. The molecule has 0 spiro atoms. The van der Waals surface area contributed by atoms with Crippen LogP contribution in [0.4, 0.5) is 20.5 Å². The third-order valence-corrected chi connectivity index (χ3v) is 7.18. The summed E-state index contributed by atoms with van der Waals surface area (Å²) >= 11 is 0. The van der Waals surface area contributed by atoms with Gasteiger partial charge in [-0.15, -0.1) is 0 Å². The molecule has 1 amide bonds. The lowest BCUT2D eigenvalue weighted by atomic mass is 9.81. The predicted molar refractivity (Wildman–Crippen MR) is 129 cm³/mol. The molecule has 38 heavy (non-hydrogen) atoms. The van der Waals surface area contributed by atoms with E-state index in [2.05, 4.69) is 36.3 Å². The maximum atomic E-state index is 13.1. The van der Waals surface area contributed by atoms with Crippen LogP contribution in [0.3, 0.4) is 0 Å². The van der Waals surface area contributed by atoms with Crippen molar-refractivity contribution in [2.45, 2.75) is 44.4 Å². The number of hydrogen-bond donors (Lipinski definition) is 2. The van der Waals surface area contributed by atoms with E-state index in [-0.39, 0.29) is 61.4 Å². The van der Waals surface area contributed by atoms with Crippen molar-refractivity contribution in [2.75, 3.05) is 43.5 Å². The van der Waals surface area contributed by atoms with Crippen LogP contribution in [0.2, 0.25) is 0 Å². The number of nitrogens with one attached hydrogen (secondary N) is 1. The van der Waals surface area contributed by atoms with Crippen LogP contribution < -0.4 is 25.4 Å². The summed E-state index contributed by atoms with van der Waals surface area (Å²) in [5.74, 6) is -2.39. The number of alkyl halides is 2. The number of aromatic nitrogens is 5. The molecule has 3 fully saturated rings. The topological polar surface area (TPSA) is 165 Å². The van der Waals surface area contributed by atoms with Gasteiger partial charge in [0.25, 0.3) is 5.91 Å². The van der Waals surface area contributed by atoms with E-state index < -0.39 is 17.2 Å². The summed E-state index contributed by atoms with van der Waals surface area (Å²) < 4.78 is 37.8. The van der Waals surface area contributed by atoms with Gasteiger partial charge in [-0.05, 0) is 37.5 Å². The van der Waals surface area contributed by atoms with Crippen molar-refractivity contribution in [3.63, 3.8) is 0 Å². The van der Waals surface area contributed by atoms with Gasteiger partial charge in [0.05, 0.1) is 24.3 Å². The lowest BCUT2D eigenvalue weighted by molar-refractivity contribution is -0.108. The molecule has 202 valence electrons. The normalized spacial score (nSPS) is 20.2. The Kier molecular flexibility index (Phi) is 7.09. The maximum Gasteiger partial charge on any atom is 0.322 e. The SMILES string of the molecule is N#CC1(COc2nc(C(=O)NCC3CC(F)(F)C3)nc(N3CCC(COc4cncnc4N)CC3)n2)CC1. The minimum absolute atomic E-state index is 0.0399. The summed E-state index contributed by atoms with van der Waals surface area (Å²) in [6, 6.07) is 2.21. The molecular weight excluding hydrogens is 500 g/mol. The smallest absolute Gasteiger partial charge is 0.322 e. The second-order valence-electron chi connectivity index (χ2n) is 10.3. The molecule has 1 saturated heterocycles. The van der Waals surface area contributed by atoms with Crippen molar-refractivity contribution in [3.8, 4) is 17.8 Å². The Morgan fingerprint density at radius 2 is 1.95 bits per heavy atom. The first-order valence-corrected chi connectivity index (χ1v) is 12.6. The van der Waals surface area contributed by atoms with E-state index in [9.17, 15) is 18.8 Å². The molecule has 14 heteroatoms. The van der Waals surface area contributed by atoms with Crippen molar-refractivity contribution in [1.82, 2.24) is 30.2 Å². The predicted octanol–water partition coefficient (Wildman–Crippen LogP) is 2.00. The number of piperidine rings is 1. The second-order valence-corrected chi connectivity index (χ2v) is 10.3. The lowest BCUT2D eigenvalue weighted by Crippen LogP contribution is -2.43. The van der Waals surface area contributed by atoms with Crippen LogP contribution in [0, 0.1) is 28.6 Å². The lowest BCUT2D eigenvalue weighted by Gasteiger charge is -2.34. The highest BCUT2D eigenvalue weighted by Crippen LogP contribution is 2.45. The van der Waals surface area contributed by atoms with E-state index in [4.69, 9.17) is 15.2 Å². The highest BCUT2D eigenvalue weighted by molar-refractivity contribution is 5.90. The zero-order chi connectivity index (χ0) is 26.8. The Morgan fingerprint density at radius 1 is 1.18 bits per heavy atom. The molecule has 3 aliphatic rings. The summed E-state index contributed by atoms with van der Waals surface area (Å²) in [5.41, 5.74) is 5.26. The molecule has 0 unspecified atom stereocenters. The van der Waals surface area contributed by atoms with Crippen LogP contribution in [0.5, 0.6) is 11.8 Å². The Bertz CT molecular complexity index is 1200. The monoisotopic (exact) mass is 529 g/mol. The fraction of sp³-hybridized carbons (Fsp3) is 0.625. The van der Waals surface area contributed by atoms with Gasteiger partial charge in [-0.2, -0.15) is 20.2 Å². The highest BCUT2D eigenvalue weighted by Gasteiger charge is 2.45. The van der Waals surface area contributed by atoms with Gasteiger partial charge in [-0.25, -0.2) is 18.7 Å². The van der Waals surface area contributed by atoms with Crippen LogP contribution in [0.1, 0.15) is 49.1 Å². The Balaban J connectivity index is 1.22. The molecule has 5 rings (SSSR count). The molecule has 12 nitrogen and oxygen atoms in total. The number of ether oxygens (including phenoxy) is 2. The number of carbonyl (C=O) groups excluding carboxylic acids is 1. The summed E-state index contributed by atoms with van der Waals surface area (Å²) in [4.78, 5) is 35.5. The molecule has 0 radical (unpaired) electrons. The van der Waals surface area contributed by atoms with Crippen LogP contribution in [0.15, 0.2) is 12.5 Å². The third kappa shape index (κ3) is 6.15. The van der Waals surface area contributed by atoms with E-state index in [1.165, 1.54) is 12.5 Å². The molecule has 2 aromatic heterocycles. The zero-order valence-electron chi connectivity index (χ0n) is 20.8. The molecule has 3 heterocycles. The molecule has 1 aliphatic heterocycles. The van der Waals surface area contributed by atoms with Crippen LogP contribution in [-0.4, -0.2) is 69.6 Å². The van der Waals surface area contributed by atoms with Crippen LogP contribution >= 0.6 is 0 Å². The minimum atomic E-state index is -2.66. The number of halogens is 2. The third-order valence-electron chi connectivity index (χ3n) is 7.18. The average molecular weight is 530 g/mol. The average Bonchev–Trinajstić information content (AvgIpc) is 3.69. The summed E-state index contributed by atoms with van der Waals surface area (Å²) in [5, 5.41) is 12.0. The Labute approximate surface area is 218 Å². The van der Waals surface area contributed by atoms with Gasteiger partial charge in [0, 0.05) is 32.5 Å². The molecular formula is C24H29F2N9O3. The van der Waals surface area contributed by atoms with Gasteiger partial charge in [0.2, 0.25) is 17.7 Å². The Morgan fingerprint density at radius 3 is 2.61 bits per heavy atom. The van der Waals surface area contributed by atoms with Gasteiger partial charge >= 0.3 is 6.01 Å². The van der Waals surface area contributed by atoms with Crippen molar-refractivity contribution >= 4 is 17.7 Å². The first-order chi connectivity index (χ1) is 18.2. The van der Waals surface area contributed by atoms with Gasteiger partial charge in [0.1, 0.15) is 12.9 Å². The van der Waals surface area contributed by atoms with Crippen molar-refractivity contribution in [1.29, 1.82) is 5.26 Å². The quantitative estimate of drug-likeness (QED) is 0.462. The van der Waals surface area contributed by atoms with E-state index in [1.54, 1.807) is 0 Å². The van der Waals surface area contributed by atoms with Gasteiger partial charge in [0.15, 0.2) is 11.6 Å². The first-order valence-electron chi connectivity index (χ1n) is 12.6. The molecule has 0 aromatic carbocycles. The van der Waals surface area contributed by atoms with E-state index in [0.717, 1.165) is 25.7 Å². The molecule has 0 bridgehead atoms. The number of nitrogens with zero attached hydrogens (tertiary/aromatic N) is 7.